The molecule has 0 bridgehead atoms. The number of ether oxygens (including phenoxy) is 1. The number of halogens is 1. The molecule has 0 aliphatic rings. The van der Waals surface area contributed by atoms with E-state index in [4.69, 9.17) is 16.3 Å². The summed E-state index contributed by atoms with van der Waals surface area (Å²) in [7, 11) is -3.77. The minimum atomic E-state index is -3.77. The number of anilines is 1. The van der Waals surface area contributed by atoms with Crippen molar-refractivity contribution < 1.29 is 17.9 Å². The smallest absolute Gasteiger partial charge is 0.271 e. The van der Waals surface area contributed by atoms with Gasteiger partial charge in [-0.1, -0.05) is 17.7 Å². The number of aromatic nitrogens is 1. The van der Waals surface area contributed by atoms with Gasteiger partial charge in [-0.2, -0.15) is 0 Å². The maximum absolute atomic E-state index is 12.5. The Balaban J connectivity index is 1.82. The van der Waals surface area contributed by atoms with Crippen molar-refractivity contribution in [2.45, 2.75) is 24.1 Å². The first-order chi connectivity index (χ1) is 13.7. The SMILES string of the molecule is CC(C)NC(=O)c1cccnc1Oc1cccc(NS(=O)(=O)c2ccc(Cl)s2)c1. The molecule has 152 valence electrons. The normalized spacial score (nSPS) is 11.3. The van der Waals surface area contributed by atoms with Gasteiger partial charge in [-0.05, 0) is 50.2 Å². The zero-order valence-corrected chi connectivity index (χ0v) is 17.9. The van der Waals surface area contributed by atoms with E-state index in [1.165, 1.54) is 24.4 Å². The van der Waals surface area contributed by atoms with Crippen LogP contribution in [0.25, 0.3) is 0 Å². The van der Waals surface area contributed by atoms with Crippen LogP contribution in [0.1, 0.15) is 24.2 Å². The molecule has 2 N–H and O–H groups in total. The molecule has 0 saturated carbocycles. The van der Waals surface area contributed by atoms with Crippen LogP contribution in [0.3, 0.4) is 0 Å². The molecule has 1 aromatic carbocycles. The van der Waals surface area contributed by atoms with Crippen LogP contribution in [0.5, 0.6) is 11.6 Å². The Hall–Kier alpha value is -2.62. The van der Waals surface area contributed by atoms with Crippen LogP contribution in [0.15, 0.2) is 58.9 Å². The average Bonchev–Trinajstić information content (AvgIpc) is 3.09. The zero-order valence-electron chi connectivity index (χ0n) is 15.5. The molecule has 2 aromatic heterocycles. The molecule has 1 amide bonds. The molecular formula is C19H18ClN3O4S2. The van der Waals surface area contributed by atoms with Crippen LogP contribution < -0.4 is 14.8 Å². The Morgan fingerprint density at radius 2 is 1.97 bits per heavy atom. The van der Waals surface area contributed by atoms with Crippen LogP contribution in [0.2, 0.25) is 4.34 Å². The van der Waals surface area contributed by atoms with Gasteiger partial charge in [0.15, 0.2) is 0 Å². The summed E-state index contributed by atoms with van der Waals surface area (Å²) in [6.45, 7) is 3.70. The number of hydrogen-bond donors (Lipinski definition) is 2. The summed E-state index contributed by atoms with van der Waals surface area (Å²) in [6.07, 6.45) is 1.51. The van der Waals surface area contributed by atoms with E-state index in [0.717, 1.165) is 11.3 Å². The predicted octanol–water partition coefficient (Wildman–Crippen LogP) is 4.53. The van der Waals surface area contributed by atoms with E-state index in [1.807, 2.05) is 13.8 Å². The van der Waals surface area contributed by atoms with E-state index in [-0.39, 0.29) is 27.6 Å². The lowest BCUT2D eigenvalue weighted by atomic mass is 10.2. The Morgan fingerprint density at radius 3 is 2.66 bits per heavy atom. The van der Waals surface area contributed by atoms with Crippen LogP contribution in [0, 0.1) is 0 Å². The van der Waals surface area contributed by atoms with Gasteiger partial charge >= 0.3 is 0 Å². The van der Waals surface area contributed by atoms with Crippen LogP contribution >= 0.6 is 22.9 Å². The van der Waals surface area contributed by atoms with E-state index < -0.39 is 10.0 Å². The summed E-state index contributed by atoms with van der Waals surface area (Å²) in [5.41, 5.74) is 0.580. The number of carbonyl (C=O) groups excluding carboxylic acids is 1. The second-order valence-electron chi connectivity index (χ2n) is 6.28. The highest BCUT2D eigenvalue weighted by atomic mass is 35.5. The number of nitrogens with one attached hydrogen (secondary N) is 2. The lowest BCUT2D eigenvalue weighted by Crippen LogP contribution is -2.30. The van der Waals surface area contributed by atoms with Crippen molar-refractivity contribution >= 4 is 44.6 Å². The van der Waals surface area contributed by atoms with Gasteiger partial charge in [-0.25, -0.2) is 13.4 Å². The predicted molar refractivity (Wildman–Crippen MR) is 113 cm³/mol. The third-order valence-electron chi connectivity index (χ3n) is 3.55. The number of amides is 1. The van der Waals surface area contributed by atoms with Crippen molar-refractivity contribution in [2.75, 3.05) is 4.72 Å². The summed E-state index contributed by atoms with van der Waals surface area (Å²) in [6, 6.07) is 12.5. The fraction of sp³-hybridized carbons (Fsp3) is 0.158. The molecule has 0 saturated heterocycles. The molecule has 0 fully saturated rings. The second kappa shape index (κ2) is 8.81. The van der Waals surface area contributed by atoms with E-state index in [2.05, 4.69) is 15.0 Å². The summed E-state index contributed by atoms with van der Waals surface area (Å²) in [5.74, 6) is 0.136. The molecule has 3 rings (SSSR count). The number of hydrogen-bond acceptors (Lipinski definition) is 6. The lowest BCUT2D eigenvalue weighted by Gasteiger charge is -2.13. The number of benzene rings is 1. The van der Waals surface area contributed by atoms with E-state index in [0.29, 0.717) is 15.8 Å². The first kappa shape index (κ1) is 21.1. The highest BCUT2D eigenvalue weighted by Gasteiger charge is 2.18. The number of carbonyl (C=O) groups is 1. The molecule has 0 atom stereocenters. The van der Waals surface area contributed by atoms with Crippen molar-refractivity contribution in [1.29, 1.82) is 0 Å². The molecular weight excluding hydrogens is 434 g/mol. The van der Waals surface area contributed by atoms with Crippen molar-refractivity contribution in [2.24, 2.45) is 0 Å². The Bertz CT molecular complexity index is 1130. The molecule has 0 unspecified atom stereocenters. The summed E-state index contributed by atoms with van der Waals surface area (Å²) in [5, 5.41) is 2.79. The summed E-state index contributed by atoms with van der Waals surface area (Å²) < 4.78 is 33.6. The Labute approximate surface area is 177 Å². The van der Waals surface area contributed by atoms with Gasteiger partial charge in [0.05, 0.1) is 10.0 Å². The molecule has 7 nitrogen and oxygen atoms in total. The van der Waals surface area contributed by atoms with Crippen molar-refractivity contribution in [3.8, 4) is 11.6 Å². The summed E-state index contributed by atoms with van der Waals surface area (Å²) in [4.78, 5) is 16.5. The third kappa shape index (κ3) is 5.47. The number of thiophene rings is 1. The number of pyridine rings is 1. The maximum Gasteiger partial charge on any atom is 0.271 e. The van der Waals surface area contributed by atoms with Crippen LogP contribution in [0.4, 0.5) is 5.69 Å². The van der Waals surface area contributed by atoms with Crippen LogP contribution in [-0.2, 0) is 10.0 Å². The highest BCUT2D eigenvalue weighted by molar-refractivity contribution is 7.94. The Morgan fingerprint density at radius 1 is 1.17 bits per heavy atom. The van der Waals surface area contributed by atoms with E-state index in [9.17, 15) is 13.2 Å². The molecule has 0 aliphatic carbocycles. The number of rotatable bonds is 7. The third-order valence-corrected chi connectivity index (χ3v) is 6.65. The fourth-order valence-electron chi connectivity index (χ4n) is 2.37. The molecule has 0 aliphatic heterocycles. The molecule has 3 aromatic rings. The topological polar surface area (TPSA) is 97.4 Å². The van der Waals surface area contributed by atoms with Gasteiger partial charge < -0.3 is 10.1 Å². The second-order valence-corrected chi connectivity index (χ2v) is 9.90. The van der Waals surface area contributed by atoms with Gasteiger partial charge in [0, 0.05) is 18.3 Å². The van der Waals surface area contributed by atoms with Gasteiger partial charge in [0.1, 0.15) is 15.5 Å². The van der Waals surface area contributed by atoms with E-state index in [1.54, 1.807) is 30.3 Å². The van der Waals surface area contributed by atoms with E-state index >= 15 is 0 Å². The average molecular weight is 452 g/mol. The summed E-state index contributed by atoms with van der Waals surface area (Å²) >= 11 is 6.78. The van der Waals surface area contributed by atoms with Gasteiger partial charge in [0.25, 0.3) is 15.9 Å². The largest absolute Gasteiger partial charge is 0.438 e. The van der Waals surface area contributed by atoms with Gasteiger partial charge in [0.2, 0.25) is 5.88 Å². The lowest BCUT2D eigenvalue weighted by molar-refractivity contribution is 0.0940. The first-order valence-corrected chi connectivity index (χ1v) is 11.2. The van der Waals surface area contributed by atoms with Crippen LogP contribution in [-0.4, -0.2) is 25.4 Å². The van der Waals surface area contributed by atoms with Gasteiger partial charge in [-0.3, -0.25) is 9.52 Å². The minimum Gasteiger partial charge on any atom is -0.438 e. The molecule has 0 radical (unpaired) electrons. The first-order valence-electron chi connectivity index (χ1n) is 8.56. The minimum absolute atomic E-state index is 0.0426. The number of sulfonamides is 1. The molecule has 29 heavy (non-hydrogen) atoms. The zero-order chi connectivity index (χ0) is 21.0. The van der Waals surface area contributed by atoms with Crippen molar-refractivity contribution in [3.63, 3.8) is 0 Å². The fourth-order valence-corrected chi connectivity index (χ4v) is 4.90. The molecule has 0 spiro atoms. The standard InChI is InChI=1S/C19H18ClN3O4S2/c1-12(2)22-18(24)15-7-4-10-21-19(15)27-14-6-3-5-13(11-14)23-29(25,26)17-9-8-16(20)28-17/h3-12,23H,1-2H3,(H,22,24). The number of nitrogens with zero attached hydrogens (tertiary/aromatic N) is 1. The van der Waals surface area contributed by atoms with Gasteiger partial charge in [-0.15, -0.1) is 11.3 Å². The Kier molecular flexibility index (Phi) is 6.41. The van der Waals surface area contributed by atoms with Crippen molar-refractivity contribution in [1.82, 2.24) is 10.3 Å². The molecule has 2 heterocycles. The highest BCUT2D eigenvalue weighted by Crippen LogP contribution is 2.29. The maximum atomic E-state index is 12.5. The molecule has 10 heteroatoms. The quantitative estimate of drug-likeness (QED) is 0.550. The monoisotopic (exact) mass is 451 g/mol. The van der Waals surface area contributed by atoms with Crippen molar-refractivity contribution in [3.05, 3.63) is 64.6 Å².